The fourth-order valence-electron chi connectivity index (χ4n) is 1.79. The summed E-state index contributed by atoms with van der Waals surface area (Å²) in [6.45, 7) is 8.70. The maximum absolute atomic E-state index is 11.8. The lowest BCUT2D eigenvalue weighted by Crippen LogP contribution is -2.24. The van der Waals surface area contributed by atoms with E-state index < -0.39 is 0 Å². The number of carbonyl (C=O) groups excluding carboxylic acids is 1. The number of carbonyl (C=O) groups is 1. The van der Waals surface area contributed by atoms with Crippen molar-refractivity contribution in [1.29, 1.82) is 0 Å². The predicted molar refractivity (Wildman–Crippen MR) is 78.6 cm³/mol. The minimum Gasteiger partial charge on any atom is -0.508 e. The van der Waals surface area contributed by atoms with Crippen LogP contribution in [0.4, 0.5) is 5.69 Å². The van der Waals surface area contributed by atoms with Gasteiger partial charge in [0.15, 0.2) is 0 Å². The summed E-state index contributed by atoms with van der Waals surface area (Å²) in [7, 11) is 0. The van der Waals surface area contributed by atoms with Crippen LogP contribution in [0.5, 0.6) is 5.75 Å². The van der Waals surface area contributed by atoms with E-state index in [-0.39, 0.29) is 11.7 Å². The van der Waals surface area contributed by atoms with Crippen LogP contribution in [0.15, 0.2) is 12.1 Å². The van der Waals surface area contributed by atoms with Gasteiger partial charge in [0.2, 0.25) is 5.91 Å². The number of nitrogens with one attached hydrogen (secondary N) is 2. The van der Waals surface area contributed by atoms with E-state index in [1.54, 1.807) is 12.1 Å². The molecule has 0 saturated carbocycles. The predicted octanol–water partition coefficient (Wildman–Crippen LogP) is 2.73. The zero-order valence-corrected chi connectivity index (χ0v) is 12.2. The molecular formula is C15H24N2O2. The standard InChI is InChI=1S/C15H24N2O2/c1-10(2)16-7-5-6-15(19)17-13-8-12(4)14(18)9-11(13)3/h8-10,16,18H,5-7H2,1-4H3,(H,17,19). The van der Waals surface area contributed by atoms with Crippen molar-refractivity contribution in [2.45, 2.75) is 46.6 Å². The molecule has 19 heavy (non-hydrogen) atoms. The molecule has 0 aliphatic carbocycles. The van der Waals surface area contributed by atoms with Gasteiger partial charge in [-0.25, -0.2) is 0 Å². The van der Waals surface area contributed by atoms with E-state index in [2.05, 4.69) is 24.5 Å². The summed E-state index contributed by atoms with van der Waals surface area (Å²) in [6.07, 6.45) is 1.32. The van der Waals surface area contributed by atoms with Gasteiger partial charge in [0, 0.05) is 18.2 Å². The Morgan fingerprint density at radius 1 is 1.26 bits per heavy atom. The van der Waals surface area contributed by atoms with Gasteiger partial charge in [0.25, 0.3) is 0 Å². The number of rotatable bonds is 6. The molecule has 1 aromatic carbocycles. The van der Waals surface area contributed by atoms with Gasteiger partial charge in [0.05, 0.1) is 0 Å². The molecule has 1 aromatic rings. The topological polar surface area (TPSA) is 61.4 Å². The van der Waals surface area contributed by atoms with Crippen LogP contribution in [0, 0.1) is 13.8 Å². The summed E-state index contributed by atoms with van der Waals surface area (Å²) in [4.78, 5) is 11.8. The molecule has 0 aliphatic heterocycles. The van der Waals surface area contributed by atoms with Crippen LogP contribution in [-0.4, -0.2) is 23.6 Å². The molecule has 0 bridgehead atoms. The zero-order chi connectivity index (χ0) is 14.4. The molecule has 0 aromatic heterocycles. The van der Waals surface area contributed by atoms with Gasteiger partial charge >= 0.3 is 0 Å². The van der Waals surface area contributed by atoms with Crippen molar-refractivity contribution in [2.24, 2.45) is 0 Å². The minimum absolute atomic E-state index is 0.0127. The number of benzene rings is 1. The summed E-state index contributed by atoms with van der Waals surface area (Å²) >= 11 is 0. The van der Waals surface area contributed by atoms with Gasteiger partial charge in [-0.05, 0) is 50.1 Å². The fraction of sp³-hybridized carbons (Fsp3) is 0.533. The van der Waals surface area contributed by atoms with Gasteiger partial charge in [-0.2, -0.15) is 0 Å². The first-order valence-corrected chi connectivity index (χ1v) is 6.73. The summed E-state index contributed by atoms with van der Waals surface area (Å²) in [6, 6.07) is 3.92. The maximum atomic E-state index is 11.8. The van der Waals surface area contributed by atoms with Crippen molar-refractivity contribution in [1.82, 2.24) is 5.32 Å². The van der Waals surface area contributed by atoms with Gasteiger partial charge in [0.1, 0.15) is 5.75 Å². The first-order valence-electron chi connectivity index (χ1n) is 6.73. The quantitative estimate of drug-likeness (QED) is 0.547. The molecule has 0 fully saturated rings. The number of hydrogen-bond acceptors (Lipinski definition) is 3. The number of anilines is 1. The van der Waals surface area contributed by atoms with Crippen LogP contribution in [0.1, 0.15) is 37.8 Å². The molecule has 0 atom stereocenters. The fourth-order valence-corrected chi connectivity index (χ4v) is 1.79. The first-order chi connectivity index (χ1) is 8.90. The second-order valence-electron chi connectivity index (χ2n) is 5.21. The number of aryl methyl sites for hydroxylation is 2. The Labute approximate surface area is 115 Å². The van der Waals surface area contributed by atoms with Gasteiger partial charge in [-0.15, -0.1) is 0 Å². The Kier molecular flexibility index (Phi) is 5.83. The highest BCUT2D eigenvalue weighted by Gasteiger charge is 2.07. The highest BCUT2D eigenvalue weighted by atomic mass is 16.3. The molecule has 0 saturated heterocycles. The Morgan fingerprint density at radius 3 is 2.58 bits per heavy atom. The summed E-state index contributed by atoms with van der Waals surface area (Å²) < 4.78 is 0. The highest BCUT2D eigenvalue weighted by molar-refractivity contribution is 5.91. The molecule has 1 rings (SSSR count). The van der Waals surface area contributed by atoms with E-state index >= 15 is 0 Å². The lowest BCUT2D eigenvalue weighted by Gasteiger charge is -2.11. The van der Waals surface area contributed by atoms with Crippen LogP contribution in [0.2, 0.25) is 0 Å². The smallest absolute Gasteiger partial charge is 0.224 e. The third kappa shape index (κ3) is 5.30. The maximum Gasteiger partial charge on any atom is 0.224 e. The largest absolute Gasteiger partial charge is 0.508 e. The number of amides is 1. The van der Waals surface area contributed by atoms with Gasteiger partial charge in [-0.1, -0.05) is 13.8 Å². The van der Waals surface area contributed by atoms with E-state index in [4.69, 9.17) is 0 Å². The Hall–Kier alpha value is -1.55. The van der Waals surface area contributed by atoms with Gasteiger partial charge < -0.3 is 15.7 Å². The third-order valence-electron chi connectivity index (χ3n) is 2.95. The average molecular weight is 264 g/mol. The molecule has 1 amide bonds. The highest BCUT2D eigenvalue weighted by Crippen LogP contribution is 2.25. The second kappa shape index (κ2) is 7.14. The van der Waals surface area contributed by atoms with Crippen molar-refractivity contribution in [3.8, 4) is 5.75 Å². The number of phenolic OH excluding ortho intramolecular Hbond substituents is 1. The zero-order valence-electron chi connectivity index (χ0n) is 12.2. The molecule has 0 aliphatic rings. The van der Waals surface area contributed by atoms with Crippen molar-refractivity contribution in [3.05, 3.63) is 23.3 Å². The normalized spacial score (nSPS) is 10.8. The molecule has 0 spiro atoms. The van der Waals surface area contributed by atoms with E-state index in [1.165, 1.54) is 0 Å². The Morgan fingerprint density at radius 2 is 1.95 bits per heavy atom. The van der Waals surface area contributed by atoms with Crippen LogP contribution in [0.3, 0.4) is 0 Å². The number of phenols is 1. The van der Waals surface area contributed by atoms with Crippen molar-refractivity contribution in [2.75, 3.05) is 11.9 Å². The lowest BCUT2D eigenvalue weighted by atomic mass is 10.1. The molecule has 4 heteroatoms. The van der Waals surface area contributed by atoms with E-state index in [0.717, 1.165) is 29.8 Å². The molecule has 0 radical (unpaired) electrons. The van der Waals surface area contributed by atoms with Crippen LogP contribution >= 0.6 is 0 Å². The third-order valence-corrected chi connectivity index (χ3v) is 2.95. The summed E-state index contributed by atoms with van der Waals surface area (Å²) in [5, 5.41) is 15.7. The van der Waals surface area contributed by atoms with Gasteiger partial charge in [-0.3, -0.25) is 4.79 Å². The van der Waals surface area contributed by atoms with Crippen LogP contribution < -0.4 is 10.6 Å². The summed E-state index contributed by atoms with van der Waals surface area (Å²) in [5.74, 6) is 0.273. The van der Waals surface area contributed by atoms with Crippen molar-refractivity contribution in [3.63, 3.8) is 0 Å². The summed E-state index contributed by atoms with van der Waals surface area (Å²) in [5.41, 5.74) is 2.41. The monoisotopic (exact) mass is 264 g/mol. The molecule has 3 N–H and O–H groups in total. The SMILES string of the molecule is Cc1cc(NC(=O)CCCNC(C)C)c(C)cc1O. The first kappa shape index (κ1) is 15.5. The van der Waals surface area contributed by atoms with E-state index in [1.807, 2.05) is 13.8 Å². The van der Waals surface area contributed by atoms with Crippen LogP contribution in [-0.2, 0) is 4.79 Å². The molecule has 0 heterocycles. The molecular weight excluding hydrogens is 240 g/mol. The minimum atomic E-state index is 0.0127. The van der Waals surface area contributed by atoms with E-state index in [9.17, 15) is 9.90 Å². The number of aromatic hydroxyl groups is 1. The van der Waals surface area contributed by atoms with Crippen molar-refractivity contribution < 1.29 is 9.90 Å². The Bertz CT molecular complexity index is 442. The molecule has 0 unspecified atom stereocenters. The lowest BCUT2D eigenvalue weighted by molar-refractivity contribution is -0.116. The molecule has 4 nitrogen and oxygen atoms in total. The van der Waals surface area contributed by atoms with E-state index in [0.29, 0.717) is 12.5 Å². The van der Waals surface area contributed by atoms with Crippen LogP contribution in [0.25, 0.3) is 0 Å². The average Bonchev–Trinajstić information content (AvgIpc) is 2.31. The second-order valence-corrected chi connectivity index (χ2v) is 5.21. The van der Waals surface area contributed by atoms with Crippen molar-refractivity contribution >= 4 is 11.6 Å². The molecule has 106 valence electrons. The Balaban J connectivity index is 2.46. The number of hydrogen-bond donors (Lipinski definition) is 3.